The molecule has 156 valence electrons. The maximum Gasteiger partial charge on any atom is 0.321 e. The quantitative estimate of drug-likeness (QED) is 0.771. The number of hydrogen-bond acceptors (Lipinski definition) is 3. The van der Waals surface area contributed by atoms with Gasteiger partial charge < -0.3 is 19.6 Å². The predicted octanol–water partition coefficient (Wildman–Crippen LogP) is 1.43. The van der Waals surface area contributed by atoms with E-state index < -0.39 is 6.04 Å². The van der Waals surface area contributed by atoms with Crippen molar-refractivity contribution in [2.45, 2.75) is 38.3 Å². The Morgan fingerprint density at radius 1 is 1.07 bits per heavy atom. The average Bonchev–Trinajstić information content (AvgIpc) is 3.02. The van der Waals surface area contributed by atoms with Gasteiger partial charge in [-0.15, -0.1) is 0 Å². The number of carbonyl (C=O) groups excluding carboxylic acids is 3. The number of piperazine rings is 1. The molecular formula is C22H30N4O3. The van der Waals surface area contributed by atoms with Crippen LogP contribution in [0.2, 0.25) is 0 Å². The molecule has 0 saturated carbocycles. The van der Waals surface area contributed by atoms with Gasteiger partial charge in [-0.3, -0.25) is 9.59 Å². The summed E-state index contributed by atoms with van der Waals surface area (Å²) in [5, 5.41) is 0. The van der Waals surface area contributed by atoms with Gasteiger partial charge in [-0.2, -0.15) is 0 Å². The van der Waals surface area contributed by atoms with Crippen molar-refractivity contribution < 1.29 is 14.4 Å². The molecule has 4 amide bonds. The number of likely N-dealkylation sites (tertiary alicyclic amines) is 1. The van der Waals surface area contributed by atoms with Gasteiger partial charge in [-0.1, -0.05) is 30.3 Å². The van der Waals surface area contributed by atoms with Gasteiger partial charge in [-0.05, 0) is 37.7 Å². The van der Waals surface area contributed by atoms with E-state index in [4.69, 9.17) is 0 Å². The fraction of sp³-hybridized carbons (Fsp3) is 0.591. The molecule has 0 aliphatic carbocycles. The van der Waals surface area contributed by atoms with Gasteiger partial charge in [0, 0.05) is 33.2 Å². The molecule has 0 radical (unpaired) electrons. The van der Waals surface area contributed by atoms with Crippen molar-refractivity contribution in [3.05, 3.63) is 35.9 Å². The number of fused-ring (bicyclic) bond motifs is 1. The van der Waals surface area contributed by atoms with Gasteiger partial charge in [0.05, 0.1) is 6.04 Å². The molecule has 7 heteroatoms. The van der Waals surface area contributed by atoms with Gasteiger partial charge in [0.1, 0.15) is 12.6 Å². The Morgan fingerprint density at radius 3 is 2.45 bits per heavy atom. The molecular weight excluding hydrogens is 368 g/mol. The van der Waals surface area contributed by atoms with Gasteiger partial charge >= 0.3 is 6.03 Å². The van der Waals surface area contributed by atoms with Crippen LogP contribution in [0.15, 0.2) is 30.3 Å². The van der Waals surface area contributed by atoms with E-state index in [1.165, 1.54) is 5.56 Å². The minimum absolute atomic E-state index is 0.0173. The molecule has 3 heterocycles. The van der Waals surface area contributed by atoms with Crippen molar-refractivity contribution in [1.29, 1.82) is 0 Å². The second-order valence-electron chi connectivity index (χ2n) is 8.63. The number of rotatable bonds is 4. The molecule has 0 N–H and O–H groups in total. The van der Waals surface area contributed by atoms with E-state index >= 15 is 0 Å². The summed E-state index contributed by atoms with van der Waals surface area (Å²) >= 11 is 0. The van der Waals surface area contributed by atoms with Crippen molar-refractivity contribution in [2.75, 3.05) is 39.8 Å². The largest absolute Gasteiger partial charge is 0.342 e. The summed E-state index contributed by atoms with van der Waals surface area (Å²) in [4.78, 5) is 44.6. The molecule has 3 aliphatic heterocycles. The molecule has 3 aliphatic rings. The summed E-state index contributed by atoms with van der Waals surface area (Å²) in [6.07, 6.45) is 3.06. The third-order valence-electron chi connectivity index (χ3n) is 6.61. The predicted molar refractivity (Wildman–Crippen MR) is 109 cm³/mol. The van der Waals surface area contributed by atoms with Crippen LogP contribution in [-0.2, 0) is 16.0 Å². The summed E-state index contributed by atoms with van der Waals surface area (Å²) < 4.78 is 0. The number of carbonyl (C=O) groups is 3. The molecule has 29 heavy (non-hydrogen) atoms. The summed E-state index contributed by atoms with van der Waals surface area (Å²) in [6, 6.07) is 9.83. The van der Waals surface area contributed by atoms with Crippen LogP contribution in [0, 0.1) is 5.92 Å². The molecule has 1 aromatic rings. The van der Waals surface area contributed by atoms with E-state index in [0.29, 0.717) is 19.0 Å². The second kappa shape index (κ2) is 8.05. The molecule has 0 unspecified atom stereocenters. The number of hydrogen-bond donors (Lipinski definition) is 0. The highest BCUT2D eigenvalue weighted by atomic mass is 16.2. The van der Waals surface area contributed by atoms with Crippen LogP contribution in [-0.4, -0.2) is 89.3 Å². The normalized spacial score (nSPS) is 25.6. The van der Waals surface area contributed by atoms with Crippen molar-refractivity contribution in [3.8, 4) is 0 Å². The zero-order valence-electron chi connectivity index (χ0n) is 17.3. The topological polar surface area (TPSA) is 64.2 Å². The number of urea groups is 1. The van der Waals surface area contributed by atoms with Crippen LogP contribution < -0.4 is 0 Å². The monoisotopic (exact) mass is 398 g/mol. The molecule has 0 bridgehead atoms. The highest BCUT2D eigenvalue weighted by Gasteiger charge is 2.47. The maximum absolute atomic E-state index is 12.8. The van der Waals surface area contributed by atoms with Crippen LogP contribution in [0.25, 0.3) is 0 Å². The molecule has 0 aromatic heterocycles. The number of nitrogens with zero attached hydrogens (tertiary/aromatic N) is 4. The number of amides is 4. The van der Waals surface area contributed by atoms with Gasteiger partial charge in [0.2, 0.25) is 11.8 Å². The zero-order valence-corrected chi connectivity index (χ0v) is 17.3. The van der Waals surface area contributed by atoms with Crippen LogP contribution in [0.4, 0.5) is 4.79 Å². The van der Waals surface area contributed by atoms with Crippen molar-refractivity contribution in [1.82, 2.24) is 19.6 Å². The third kappa shape index (κ3) is 3.95. The van der Waals surface area contributed by atoms with E-state index in [-0.39, 0.29) is 30.4 Å². The first kappa shape index (κ1) is 19.7. The lowest BCUT2D eigenvalue weighted by molar-refractivity contribution is -0.139. The first-order chi connectivity index (χ1) is 13.9. The van der Waals surface area contributed by atoms with E-state index in [1.54, 1.807) is 28.7 Å². The molecule has 2 atom stereocenters. The molecule has 0 spiro atoms. The minimum atomic E-state index is -0.458. The lowest BCUT2D eigenvalue weighted by Gasteiger charge is -2.38. The molecule has 3 fully saturated rings. The molecule has 4 rings (SSSR count). The highest BCUT2D eigenvalue weighted by molar-refractivity contribution is 5.91. The maximum atomic E-state index is 12.8. The first-order valence-electron chi connectivity index (χ1n) is 10.6. The summed E-state index contributed by atoms with van der Waals surface area (Å²) in [5.41, 5.74) is 1.35. The van der Waals surface area contributed by atoms with Gasteiger partial charge in [-0.25, -0.2) is 4.79 Å². The van der Waals surface area contributed by atoms with Crippen LogP contribution >= 0.6 is 0 Å². The Bertz CT molecular complexity index is 776. The SMILES string of the molecule is C[C@H]1C(=O)N(C)C[C@@H]2CN(CC(=O)N3CCC(Cc4ccccc4)CC3)C(=O)N21. The van der Waals surface area contributed by atoms with Crippen molar-refractivity contribution in [2.24, 2.45) is 5.92 Å². The van der Waals surface area contributed by atoms with E-state index in [2.05, 4.69) is 24.3 Å². The average molecular weight is 399 g/mol. The fourth-order valence-electron chi connectivity index (χ4n) is 4.94. The van der Waals surface area contributed by atoms with Gasteiger partial charge in [0.25, 0.3) is 0 Å². The first-order valence-corrected chi connectivity index (χ1v) is 10.6. The molecule has 7 nitrogen and oxygen atoms in total. The Balaban J connectivity index is 1.29. The Labute approximate surface area is 172 Å². The highest BCUT2D eigenvalue weighted by Crippen LogP contribution is 2.26. The summed E-state index contributed by atoms with van der Waals surface area (Å²) in [7, 11) is 1.77. The minimum Gasteiger partial charge on any atom is -0.342 e. The Hall–Kier alpha value is -2.57. The van der Waals surface area contributed by atoms with E-state index in [9.17, 15) is 14.4 Å². The lowest BCUT2D eigenvalue weighted by Crippen LogP contribution is -2.59. The lowest BCUT2D eigenvalue weighted by atomic mass is 9.90. The number of piperidine rings is 1. The Kier molecular flexibility index (Phi) is 5.48. The van der Waals surface area contributed by atoms with Crippen LogP contribution in [0.1, 0.15) is 25.3 Å². The number of likely N-dealkylation sites (N-methyl/N-ethyl adjacent to an activating group) is 1. The summed E-state index contributed by atoms with van der Waals surface area (Å²) in [6.45, 7) is 4.43. The standard InChI is InChI=1S/C22H30N4O3/c1-16-21(28)23(2)13-19-14-25(22(29)26(16)19)15-20(27)24-10-8-18(9-11-24)12-17-6-4-3-5-7-17/h3-7,16,18-19H,8-15H2,1-2H3/t16-,19+/m0/s1. The van der Waals surface area contributed by atoms with Crippen LogP contribution in [0.3, 0.4) is 0 Å². The van der Waals surface area contributed by atoms with Gasteiger partial charge in [0.15, 0.2) is 0 Å². The summed E-state index contributed by atoms with van der Waals surface area (Å²) in [5.74, 6) is 0.582. The molecule has 3 saturated heterocycles. The zero-order chi connectivity index (χ0) is 20.5. The van der Waals surface area contributed by atoms with E-state index in [0.717, 1.165) is 32.4 Å². The molecule has 1 aromatic carbocycles. The van der Waals surface area contributed by atoms with Crippen LogP contribution in [0.5, 0.6) is 0 Å². The van der Waals surface area contributed by atoms with Crippen molar-refractivity contribution >= 4 is 17.8 Å². The third-order valence-corrected chi connectivity index (χ3v) is 6.61. The van der Waals surface area contributed by atoms with Crippen molar-refractivity contribution in [3.63, 3.8) is 0 Å². The fourth-order valence-corrected chi connectivity index (χ4v) is 4.94. The second-order valence-corrected chi connectivity index (χ2v) is 8.63. The smallest absolute Gasteiger partial charge is 0.321 e. The van der Waals surface area contributed by atoms with E-state index in [1.807, 2.05) is 11.0 Å². The number of benzene rings is 1. The Morgan fingerprint density at radius 2 is 1.76 bits per heavy atom.